The summed E-state index contributed by atoms with van der Waals surface area (Å²) in [4.78, 5) is 11.9. The second-order valence-electron chi connectivity index (χ2n) is 6.64. The average Bonchev–Trinajstić information content (AvgIpc) is 2.65. The van der Waals surface area contributed by atoms with Gasteiger partial charge >= 0.3 is 0 Å². The van der Waals surface area contributed by atoms with Crippen LogP contribution in [-0.4, -0.2) is 35.7 Å². The molecule has 4 heteroatoms. The number of hydrogen-bond donors (Lipinski definition) is 3. The highest BCUT2D eigenvalue weighted by molar-refractivity contribution is 5.78. The van der Waals surface area contributed by atoms with E-state index in [-0.39, 0.29) is 5.91 Å². The molecule has 2 rings (SSSR count). The lowest BCUT2D eigenvalue weighted by Gasteiger charge is -2.27. The molecule has 0 aromatic rings. The molecule has 116 valence electrons. The summed E-state index contributed by atoms with van der Waals surface area (Å²) in [5.41, 5.74) is -0.596. The molecule has 0 aliphatic heterocycles. The van der Waals surface area contributed by atoms with Gasteiger partial charge in [-0.2, -0.15) is 0 Å². The zero-order valence-electron chi connectivity index (χ0n) is 12.6. The lowest BCUT2D eigenvalue weighted by Crippen LogP contribution is -2.46. The van der Waals surface area contributed by atoms with Gasteiger partial charge in [0.1, 0.15) is 0 Å². The van der Waals surface area contributed by atoms with Crippen molar-refractivity contribution in [2.75, 3.05) is 13.1 Å². The van der Waals surface area contributed by atoms with E-state index in [0.717, 1.165) is 38.5 Å². The number of aliphatic hydroxyl groups is 1. The van der Waals surface area contributed by atoms with E-state index >= 15 is 0 Å². The number of rotatable bonds is 5. The van der Waals surface area contributed by atoms with Crippen LogP contribution in [0.5, 0.6) is 0 Å². The summed E-state index contributed by atoms with van der Waals surface area (Å²) in [6.45, 7) is 0.879. The molecule has 4 nitrogen and oxygen atoms in total. The van der Waals surface area contributed by atoms with Gasteiger partial charge in [0.2, 0.25) is 5.91 Å². The summed E-state index contributed by atoms with van der Waals surface area (Å²) >= 11 is 0. The van der Waals surface area contributed by atoms with Crippen molar-refractivity contribution >= 4 is 5.91 Å². The van der Waals surface area contributed by atoms with Gasteiger partial charge in [-0.15, -0.1) is 0 Å². The highest BCUT2D eigenvalue weighted by atomic mass is 16.3. The molecule has 2 aliphatic rings. The van der Waals surface area contributed by atoms with E-state index in [9.17, 15) is 9.90 Å². The average molecular weight is 282 g/mol. The molecule has 0 radical (unpaired) electrons. The fourth-order valence-electron chi connectivity index (χ4n) is 3.50. The Hall–Kier alpha value is -0.610. The molecule has 0 bridgehead atoms. The van der Waals surface area contributed by atoms with Crippen LogP contribution >= 0.6 is 0 Å². The summed E-state index contributed by atoms with van der Waals surface area (Å²) in [6.07, 6.45) is 12.4. The molecule has 0 saturated heterocycles. The lowest BCUT2D eigenvalue weighted by molar-refractivity contribution is -0.121. The second kappa shape index (κ2) is 7.99. The minimum Gasteiger partial charge on any atom is -0.389 e. The van der Waals surface area contributed by atoms with Crippen molar-refractivity contribution in [2.24, 2.45) is 0 Å². The molecule has 2 fully saturated rings. The van der Waals surface area contributed by atoms with Gasteiger partial charge in [0, 0.05) is 12.6 Å². The molecule has 2 aliphatic carbocycles. The van der Waals surface area contributed by atoms with Crippen LogP contribution in [0.1, 0.15) is 70.6 Å². The van der Waals surface area contributed by atoms with E-state index in [1.54, 1.807) is 0 Å². The van der Waals surface area contributed by atoms with E-state index in [2.05, 4.69) is 10.6 Å². The molecular weight excluding hydrogens is 252 g/mol. The van der Waals surface area contributed by atoms with Crippen molar-refractivity contribution in [3.8, 4) is 0 Å². The van der Waals surface area contributed by atoms with Gasteiger partial charge < -0.3 is 15.7 Å². The van der Waals surface area contributed by atoms with Crippen molar-refractivity contribution in [1.82, 2.24) is 10.6 Å². The first-order chi connectivity index (χ1) is 9.68. The van der Waals surface area contributed by atoms with Crippen molar-refractivity contribution < 1.29 is 9.90 Å². The molecule has 0 aromatic carbocycles. The number of carbonyl (C=O) groups is 1. The smallest absolute Gasteiger partial charge is 0.234 e. The van der Waals surface area contributed by atoms with Crippen LogP contribution in [-0.2, 0) is 4.79 Å². The molecule has 0 unspecified atom stereocenters. The van der Waals surface area contributed by atoms with Crippen LogP contribution in [0.4, 0.5) is 0 Å². The third kappa shape index (κ3) is 5.41. The van der Waals surface area contributed by atoms with Crippen LogP contribution in [0.25, 0.3) is 0 Å². The van der Waals surface area contributed by atoms with E-state index in [0.29, 0.717) is 19.1 Å². The van der Waals surface area contributed by atoms with Gasteiger partial charge in [-0.05, 0) is 25.7 Å². The Bertz CT molecular complexity index is 293. The fourth-order valence-corrected chi connectivity index (χ4v) is 3.50. The highest BCUT2D eigenvalue weighted by Gasteiger charge is 2.27. The molecule has 3 N–H and O–H groups in total. The van der Waals surface area contributed by atoms with E-state index in [1.807, 2.05) is 0 Å². The number of carbonyl (C=O) groups excluding carboxylic acids is 1. The van der Waals surface area contributed by atoms with Crippen LogP contribution in [0.2, 0.25) is 0 Å². The van der Waals surface area contributed by atoms with Gasteiger partial charge in [0.05, 0.1) is 12.1 Å². The number of nitrogens with one attached hydrogen (secondary N) is 2. The maximum absolute atomic E-state index is 11.9. The third-order valence-corrected chi connectivity index (χ3v) is 4.74. The van der Waals surface area contributed by atoms with Gasteiger partial charge in [0.15, 0.2) is 0 Å². The van der Waals surface area contributed by atoms with Crippen molar-refractivity contribution in [3.63, 3.8) is 0 Å². The van der Waals surface area contributed by atoms with Crippen LogP contribution in [0.15, 0.2) is 0 Å². The van der Waals surface area contributed by atoms with Gasteiger partial charge in [-0.1, -0.05) is 44.9 Å². The Morgan fingerprint density at radius 3 is 2.25 bits per heavy atom. The second-order valence-corrected chi connectivity index (χ2v) is 6.64. The van der Waals surface area contributed by atoms with Crippen molar-refractivity contribution in [2.45, 2.75) is 82.3 Å². The summed E-state index contributed by atoms with van der Waals surface area (Å²) in [5, 5.41) is 16.7. The van der Waals surface area contributed by atoms with E-state index in [1.165, 1.54) is 32.1 Å². The zero-order chi connectivity index (χ0) is 14.3. The standard InChI is InChI=1S/C16H30N2O2/c19-15(18-14-8-4-3-5-9-14)12-17-13-16(20)10-6-1-2-7-11-16/h14,17,20H,1-13H2,(H,18,19). The van der Waals surface area contributed by atoms with Crippen LogP contribution in [0.3, 0.4) is 0 Å². The largest absolute Gasteiger partial charge is 0.389 e. The molecule has 1 amide bonds. The van der Waals surface area contributed by atoms with Crippen LogP contribution < -0.4 is 10.6 Å². The first kappa shape index (κ1) is 15.8. The van der Waals surface area contributed by atoms with E-state index < -0.39 is 5.60 Å². The lowest BCUT2D eigenvalue weighted by atomic mass is 9.94. The Morgan fingerprint density at radius 1 is 1.00 bits per heavy atom. The predicted octanol–water partition coefficient (Wildman–Crippen LogP) is 2.11. The molecule has 0 atom stereocenters. The van der Waals surface area contributed by atoms with E-state index in [4.69, 9.17) is 0 Å². The molecule has 0 aromatic heterocycles. The Labute approximate surface area is 122 Å². The first-order valence-electron chi connectivity index (χ1n) is 8.40. The minimum absolute atomic E-state index is 0.0779. The number of hydrogen-bond acceptors (Lipinski definition) is 3. The first-order valence-corrected chi connectivity index (χ1v) is 8.40. The molecule has 2 saturated carbocycles. The number of amides is 1. The zero-order valence-corrected chi connectivity index (χ0v) is 12.6. The summed E-state index contributed by atoms with van der Waals surface area (Å²) in [5.74, 6) is 0.0779. The maximum atomic E-state index is 11.9. The van der Waals surface area contributed by atoms with Gasteiger partial charge in [0.25, 0.3) is 0 Å². The minimum atomic E-state index is -0.596. The van der Waals surface area contributed by atoms with Crippen LogP contribution in [0, 0.1) is 0 Å². The normalized spacial score (nSPS) is 24.1. The maximum Gasteiger partial charge on any atom is 0.234 e. The molecular formula is C16H30N2O2. The molecule has 0 spiro atoms. The predicted molar refractivity (Wildman–Crippen MR) is 80.5 cm³/mol. The topological polar surface area (TPSA) is 61.4 Å². The monoisotopic (exact) mass is 282 g/mol. The van der Waals surface area contributed by atoms with Gasteiger partial charge in [-0.3, -0.25) is 4.79 Å². The quantitative estimate of drug-likeness (QED) is 0.677. The Balaban J connectivity index is 1.62. The van der Waals surface area contributed by atoms with Crippen molar-refractivity contribution in [1.29, 1.82) is 0 Å². The fraction of sp³-hybridized carbons (Fsp3) is 0.938. The summed E-state index contributed by atoms with van der Waals surface area (Å²) in [6, 6.07) is 0.374. The molecule has 0 heterocycles. The van der Waals surface area contributed by atoms with Crippen molar-refractivity contribution in [3.05, 3.63) is 0 Å². The summed E-state index contributed by atoms with van der Waals surface area (Å²) < 4.78 is 0. The summed E-state index contributed by atoms with van der Waals surface area (Å²) in [7, 11) is 0. The third-order valence-electron chi connectivity index (χ3n) is 4.74. The van der Waals surface area contributed by atoms with Gasteiger partial charge in [-0.25, -0.2) is 0 Å². The Kier molecular flexibility index (Phi) is 6.30. The Morgan fingerprint density at radius 2 is 1.60 bits per heavy atom. The SMILES string of the molecule is O=C(CNCC1(O)CCCCCC1)NC1CCCCC1. The highest BCUT2D eigenvalue weighted by Crippen LogP contribution is 2.26. The molecule has 20 heavy (non-hydrogen) atoms.